The number of carboxylic acids is 1. The Hall–Kier alpha value is -2.50. The van der Waals surface area contributed by atoms with Crippen molar-refractivity contribution in [2.75, 3.05) is 6.54 Å². The molecule has 0 aliphatic carbocycles. The van der Waals surface area contributed by atoms with Crippen molar-refractivity contribution in [2.24, 2.45) is 5.73 Å². The molecule has 0 aliphatic rings. The summed E-state index contributed by atoms with van der Waals surface area (Å²) in [6, 6.07) is 15.7. The fourth-order valence-electron chi connectivity index (χ4n) is 1.85. The van der Waals surface area contributed by atoms with E-state index in [1.54, 1.807) is 62.4 Å². The van der Waals surface area contributed by atoms with Gasteiger partial charge in [0.05, 0.1) is 12.0 Å². The van der Waals surface area contributed by atoms with Crippen molar-refractivity contribution >= 4 is 11.8 Å². The summed E-state index contributed by atoms with van der Waals surface area (Å²) in [6.07, 6.45) is -0.338. The maximum Gasteiger partial charge on any atom is 0.310 e. The van der Waals surface area contributed by atoms with Gasteiger partial charge >= 0.3 is 5.97 Å². The number of rotatable bonds is 5. The summed E-state index contributed by atoms with van der Waals surface area (Å²) in [5.41, 5.74) is 6.67. The highest BCUT2D eigenvalue weighted by Crippen LogP contribution is 2.18. The number of hydrogen-bond acceptors (Lipinski definition) is 4. The van der Waals surface area contributed by atoms with E-state index in [1.807, 2.05) is 6.07 Å². The number of aliphatic carboxylic acids is 1. The molecule has 0 saturated carbocycles. The highest BCUT2D eigenvalue weighted by atomic mass is 16.4. The predicted octanol–water partition coefficient (Wildman–Crippen LogP) is 2.43. The molecule has 5 heteroatoms. The molecule has 2 rings (SSSR count). The SMILES string of the molecule is C[C@@H](C(=O)O)c1cccc(C(=O)c2ccccc2)c1.C[C@H](O)CN. The van der Waals surface area contributed by atoms with Crippen LogP contribution in [-0.4, -0.2) is 34.6 Å². The Morgan fingerprint density at radius 1 is 1.00 bits per heavy atom. The van der Waals surface area contributed by atoms with Crippen LogP contribution in [0.4, 0.5) is 0 Å². The minimum Gasteiger partial charge on any atom is -0.481 e. The highest BCUT2D eigenvalue weighted by molar-refractivity contribution is 6.09. The van der Waals surface area contributed by atoms with E-state index >= 15 is 0 Å². The number of nitrogens with two attached hydrogens (primary N) is 1. The summed E-state index contributed by atoms with van der Waals surface area (Å²) in [5, 5.41) is 17.2. The monoisotopic (exact) mass is 329 g/mol. The molecule has 24 heavy (non-hydrogen) atoms. The zero-order valence-corrected chi connectivity index (χ0v) is 13.8. The first kappa shape index (κ1) is 19.5. The number of ketones is 1. The van der Waals surface area contributed by atoms with Gasteiger partial charge in [-0.2, -0.15) is 0 Å². The molecule has 0 bridgehead atoms. The van der Waals surface area contributed by atoms with E-state index in [2.05, 4.69) is 0 Å². The van der Waals surface area contributed by atoms with Crippen molar-refractivity contribution in [3.05, 3.63) is 71.3 Å². The molecule has 5 nitrogen and oxygen atoms in total. The van der Waals surface area contributed by atoms with Crippen molar-refractivity contribution in [3.63, 3.8) is 0 Å². The number of carbonyl (C=O) groups excluding carboxylic acids is 1. The zero-order chi connectivity index (χ0) is 18.1. The van der Waals surface area contributed by atoms with Crippen LogP contribution in [0.3, 0.4) is 0 Å². The van der Waals surface area contributed by atoms with E-state index in [9.17, 15) is 9.59 Å². The lowest BCUT2D eigenvalue weighted by Crippen LogP contribution is -2.14. The van der Waals surface area contributed by atoms with Gasteiger partial charge in [-0.3, -0.25) is 9.59 Å². The van der Waals surface area contributed by atoms with Gasteiger partial charge in [0.15, 0.2) is 5.78 Å². The van der Waals surface area contributed by atoms with E-state index in [0.717, 1.165) is 0 Å². The number of benzene rings is 2. The van der Waals surface area contributed by atoms with E-state index < -0.39 is 11.9 Å². The largest absolute Gasteiger partial charge is 0.481 e. The number of carbonyl (C=O) groups is 2. The molecule has 0 amide bonds. The smallest absolute Gasteiger partial charge is 0.310 e. The second kappa shape index (κ2) is 9.60. The average molecular weight is 329 g/mol. The molecule has 0 aliphatic heterocycles. The molecular weight excluding hydrogens is 306 g/mol. The Labute approximate surface area is 141 Å². The van der Waals surface area contributed by atoms with Gasteiger partial charge < -0.3 is 15.9 Å². The Kier molecular flexibility index (Phi) is 7.82. The topological polar surface area (TPSA) is 101 Å². The molecule has 4 N–H and O–H groups in total. The molecule has 128 valence electrons. The first-order valence-corrected chi connectivity index (χ1v) is 7.67. The lowest BCUT2D eigenvalue weighted by molar-refractivity contribution is -0.138. The molecule has 0 radical (unpaired) electrons. The number of aliphatic hydroxyl groups excluding tert-OH is 1. The van der Waals surface area contributed by atoms with Gasteiger partial charge in [0, 0.05) is 17.7 Å². The molecule has 2 aromatic carbocycles. The van der Waals surface area contributed by atoms with Crippen molar-refractivity contribution in [1.82, 2.24) is 0 Å². The van der Waals surface area contributed by atoms with E-state index in [-0.39, 0.29) is 11.9 Å². The van der Waals surface area contributed by atoms with Crippen molar-refractivity contribution < 1.29 is 19.8 Å². The number of aliphatic hydroxyl groups is 1. The molecule has 0 spiro atoms. The zero-order valence-electron chi connectivity index (χ0n) is 13.8. The average Bonchev–Trinajstić information content (AvgIpc) is 2.61. The van der Waals surface area contributed by atoms with Gasteiger partial charge in [-0.15, -0.1) is 0 Å². The Morgan fingerprint density at radius 3 is 2.04 bits per heavy atom. The summed E-state index contributed by atoms with van der Waals surface area (Å²) < 4.78 is 0. The molecular formula is C19H23NO4. The van der Waals surface area contributed by atoms with Crippen molar-refractivity contribution in [3.8, 4) is 0 Å². The third-order valence-electron chi connectivity index (χ3n) is 3.40. The normalized spacial score (nSPS) is 12.5. The van der Waals surface area contributed by atoms with Crippen LogP contribution in [0.5, 0.6) is 0 Å². The molecule has 0 saturated heterocycles. The lowest BCUT2D eigenvalue weighted by atomic mass is 9.96. The van der Waals surface area contributed by atoms with Gasteiger partial charge in [-0.05, 0) is 25.5 Å². The van der Waals surface area contributed by atoms with Crippen LogP contribution in [0.2, 0.25) is 0 Å². The summed E-state index contributed by atoms with van der Waals surface area (Å²) in [7, 11) is 0. The first-order chi connectivity index (χ1) is 11.4. The van der Waals surface area contributed by atoms with Gasteiger partial charge in [-0.1, -0.05) is 48.5 Å². The fourth-order valence-corrected chi connectivity index (χ4v) is 1.85. The summed E-state index contributed by atoms with van der Waals surface area (Å²) in [6.45, 7) is 3.62. The number of hydrogen-bond donors (Lipinski definition) is 3. The van der Waals surface area contributed by atoms with Gasteiger partial charge in [0.2, 0.25) is 0 Å². The van der Waals surface area contributed by atoms with E-state index in [1.165, 1.54) is 0 Å². The van der Waals surface area contributed by atoms with Crippen LogP contribution in [-0.2, 0) is 4.79 Å². The van der Waals surface area contributed by atoms with Crippen molar-refractivity contribution in [1.29, 1.82) is 0 Å². The van der Waals surface area contributed by atoms with Crippen LogP contribution in [0.15, 0.2) is 54.6 Å². The lowest BCUT2D eigenvalue weighted by Gasteiger charge is -2.08. The Morgan fingerprint density at radius 2 is 1.54 bits per heavy atom. The number of carboxylic acid groups (broad SMARTS) is 1. The van der Waals surface area contributed by atoms with Crippen LogP contribution in [0.25, 0.3) is 0 Å². The van der Waals surface area contributed by atoms with Gasteiger partial charge in [0.25, 0.3) is 0 Å². The molecule has 0 unspecified atom stereocenters. The molecule has 0 aromatic heterocycles. The van der Waals surface area contributed by atoms with E-state index in [0.29, 0.717) is 23.2 Å². The Bertz CT molecular complexity index is 668. The van der Waals surface area contributed by atoms with E-state index in [4.69, 9.17) is 15.9 Å². The second-order valence-corrected chi connectivity index (χ2v) is 5.47. The first-order valence-electron chi connectivity index (χ1n) is 7.67. The Balaban J connectivity index is 0.000000505. The van der Waals surface area contributed by atoms with Crippen molar-refractivity contribution in [2.45, 2.75) is 25.9 Å². The van der Waals surface area contributed by atoms with Crippen LogP contribution in [0.1, 0.15) is 41.3 Å². The van der Waals surface area contributed by atoms with Crippen LogP contribution >= 0.6 is 0 Å². The molecule has 2 atom stereocenters. The quantitative estimate of drug-likeness (QED) is 0.731. The maximum atomic E-state index is 12.2. The fraction of sp³-hybridized carbons (Fsp3) is 0.263. The third kappa shape index (κ3) is 5.95. The van der Waals surface area contributed by atoms with Crippen LogP contribution in [0, 0.1) is 0 Å². The summed E-state index contributed by atoms with van der Waals surface area (Å²) >= 11 is 0. The molecule has 0 heterocycles. The van der Waals surface area contributed by atoms with Gasteiger partial charge in [0.1, 0.15) is 0 Å². The minimum atomic E-state index is -0.899. The standard InChI is InChI=1S/C16H14O3.C3H9NO/c1-11(16(18)19)13-8-5-9-14(10-13)15(17)12-6-3-2-4-7-12;1-3(5)2-4/h2-11H,1H3,(H,18,19);3,5H,2,4H2,1H3/t11-;3-/m10/s1. The predicted molar refractivity (Wildman–Crippen MR) is 93.1 cm³/mol. The summed E-state index contributed by atoms with van der Waals surface area (Å²) in [4.78, 5) is 23.2. The maximum absolute atomic E-state index is 12.2. The molecule has 2 aromatic rings. The molecule has 0 fully saturated rings. The third-order valence-corrected chi connectivity index (χ3v) is 3.40. The van der Waals surface area contributed by atoms with Gasteiger partial charge in [-0.25, -0.2) is 0 Å². The minimum absolute atomic E-state index is 0.0972. The second-order valence-electron chi connectivity index (χ2n) is 5.47. The summed E-state index contributed by atoms with van der Waals surface area (Å²) in [5.74, 6) is -1.62. The highest BCUT2D eigenvalue weighted by Gasteiger charge is 2.16. The van der Waals surface area contributed by atoms with Crippen LogP contribution < -0.4 is 5.73 Å².